The number of rotatable bonds is 6. The topological polar surface area (TPSA) is 51.1 Å². The molecule has 0 aromatic heterocycles. The van der Waals surface area contributed by atoms with Gasteiger partial charge in [0.15, 0.2) is 34.8 Å². The van der Waals surface area contributed by atoms with E-state index >= 15 is 0 Å². The third-order valence-corrected chi connectivity index (χ3v) is 5.22. The molecule has 3 aromatic carbocycles. The number of amides is 1. The van der Waals surface area contributed by atoms with E-state index < -0.39 is 40.7 Å². The maximum absolute atomic E-state index is 14.3. The molecule has 0 unspecified atom stereocenters. The summed E-state index contributed by atoms with van der Waals surface area (Å²) in [4.78, 5) is 13.0. The summed E-state index contributed by atoms with van der Waals surface area (Å²) < 4.78 is 80.7. The van der Waals surface area contributed by atoms with E-state index in [1.165, 1.54) is 20.1 Å². The molecule has 0 saturated heterocycles. The largest absolute Gasteiger partial charge is 0.493 e. The zero-order valence-electron chi connectivity index (χ0n) is 18.4. The summed E-state index contributed by atoms with van der Waals surface area (Å²) in [5.41, 5.74) is -0.357. The van der Waals surface area contributed by atoms with Crippen molar-refractivity contribution in [2.24, 2.45) is 5.10 Å². The first kappa shape index (κ1) is 23.9. The van der Waals surface area contributed by atoms with Crippen LogP contribution in [0, 0.1) is 29.1 Å². The van der Waals surface area contributed by atoms with Gasteiger partial charge in [0.2, 0.25) is 5.82 Å². The molecule has 0 atom stereocenters. The molecule has 1 amide bonds. The van der Waals surface area contributed by atoms with Gasteiger partial charge in [-0.25, -0.2) is 22.0 Å². The predicted molar refractivity (Wildman–Crippen MR) is 119 cm³/mol. The second kappa shape index (κ2) is 9.57. The van der Waals surface area contributed by atoms with Crippen molar-refractivity contribution in [3.05, 3.63) is 94.3 Å². The van der Waals surface area contributed by atoms with Crippen LogP contribution in [0.3, 0.4) is 0 Å². The minimum absolute atomic E-state index is 0.00392. The van der Waals surface area contributed by atoms with Crippen LogP contribution >= 0.6 is 0 Å². The van der Waals surface area contributed by atoms with Crippen molar-refractivity contribution in [3.63, 3.8) is 0 Å². The number of carbonyl (C=O) groups excluding carboxylic acids is 1. The molecule has 35 heavy (non-hydrogen) atoms. The summed E-state index contributed by atoms with van der Waals surface area (Å²) in [6.07, 6.45) is 1.34. The highest BCUT2D eigenvalue weighted by Gasteiger charge is 2.37. The first-order chi connectivity index (χ1) is 16.7. The number of para-hydroxylation sites is 1. The molecule has 1 aliphatic rings. The van der Waals surface area contributed by atoms with Crippen LogP contribution in [0.15, 0.2) is 59.2 Å². The van der Waals surface area contributed by atoms with Crippen molar-refractivity contribution in [1.29, 1.82) is 0 Å². The number of nitrogens with zero attached hydrogens (tertiary/aromatic N) is 2. The van der Waals surface area contributed by atoms with E-state index in [-0.39, 0.29) is 28.7 Å². The average molecular weight is 488 g/mol. The fourth-order valence-electron chi connectivity index (χ4n) is 3.46. The normalized spacial score (nSPS) is 14.5. The van der Waals surface area contributed by atoms with Crippen molar-refractivity contribution in [3.8, 4) is 11.5 Å². The van der Waals surface area contributed by atoms with Crippen LogP contribution in [0.25, 0.3) is 6.08 Å². The van der Waals surface area contributed by atoms with E-state index in [0.29, 0.717) is 11.3 Å². The number of hydrogen-bond donors (Lipinski definition) is 0. The number of halogens is 5. The molecule has 0 saturated carbocycles. The van der Waals surface area contributed by atoms with Gasteiger partial charge in [-0.2, -0.15) is 10.1 Å². The van der Waals surface area contributed by atoms with Gasteiger partial charge in [0, 0.05) is 5.56 Å². The van der Waals surface area contributed by atoms with Crippen LogP contribution in [0.1, 0.15) is 18.1 Å². The van der Waals surface area contributed by atoms with Crippen LogP contribution in [0.5, 0.6) is 11.5 Å². The Bertz CT molecular complexity index is 1340. The van der Waals surface area contributed by atoms with Gasteiger partial charge in [0.05, 0.1) is 18.4 Å². The van der Waals surface area contributed by atoms with Crippen LogP contribution in [-0.4, -0.2) is 18.7 Å². The van der Waals surface area contributed by atoms with E-state index in [1.54, 1.807) is 18.2 Å². The minimum Gasteiger partial charge on any atom is -0.493 e. The molecule has 1 aliphatic heterocycles. The Morgan fingerprint density at radius 1 is 0.886 bits per heavy atom. The molecular weight excluding hydrogens is 471 g/mol. The highest BCUT2D eigenvalue weighted by atomic mass is 19.2. The fourth-order valence-corrected chi connectivity index (χ4v) is 3.46. The lowest BCUT2D eigenvalue weighted by molar-refractivity contribution is -0.114. The van der Waals surface area contributed by atoms with Crippen LogP contribution < -0.4 is 14.5 Å². The van der Waals surface area contributed by atoms with E-state index in [9.17, 15) is 26.7 Å². The molecule has 0 N–H and O–H groups in total. The molecule has 1 heterocycles. The highest BCUT2D eigenvalue weighted by molar-refractivity contribution is 6.32. The number of ether oxygens (including phenoxy) is 2. The zero-order valence-corrected chi connectivity index (χ0v) is 18.4. The van der Waals surface area contributed by atoms with Crippen molar-refractivity contribution < 1.29 is 36.2 Å². The second-order valence-corrected chi connectivity index (χ2v) is 7.43. The standard InChI is InChI=1S/C25H17F5N2O3/c1-13-16(25(33)32(31-13)23-21(29)19(27)18(26)20(28)22(23)30)11-15-9-6-10-17(34-2)24(15)35-12-14-7-4-3-5-8-14/h3-11H,12H2,1-2H3/b16-11-. The molecule has 10 heteroatoms. The molecule has 0 aliphatic carbocycles. The van der Waals surface area contributed by atoms with E-state index in [0.717, 1.165) is 5.56 Å². The number of carbonyl (C=O) groups is 1. The molecular formula is C25H17F5N2O3. The third kappa shape index (κ3) is 4.34. The quantitative estimate of drug-likeness (QED) is 0.191. The monoisotopic (exact) mass is 488 g/mol. The van der Waals surface area contributed by atoms with Gasteiger partial charge < -0.3 is 9.47 Å². The predicted octanol–water partition coefficient (Wildman–Crippen LogP) is 5.78. The Labute approximate surface area is 196 Å². The van der Waals surface area contributed by atoms with Gasteiger partial charge in [-0.1, -0.05) is 42.5 Å². The minimum atomic E-state index is -2.33. The summed E-state index contributed by atoms with van der Waals surface area (Å²) in [6.45, 7) is 1.54. The Hall–Kier alpha value is -4.21. The van der Waals surface area contributed by atoms with Gasteiger partial charge in [-0.3, -0.25) is 4.79 Å². The van der Waals surface area contributed by atoms with Gasteiger partial charge in [0.1, 0.15) is 12.3 Å². The van der Waals surface area contributed by atoms with Gasteiger partial charge in [-0.15, -0.1) is 0 Å². The van der Waals surface area contributed by atoms with E-state index in [1.807, 2.05) is 30.3 Å². The lowest BCUT2D eigenvalue weighted by Crippen LogP contribution is -2.25. The number of anilines is 1. The molecule has 4 rings (SSSR count). The van der Waals surface area contributed by atoms with Gasteiger partial charge in [0.25, 0.3) is 5.91 Å². The van der Waals surface area contributed by atoms with Crippen molar-refractivity contribution in [1.82, 2.24) is 0 Å². The number of benzene rings is 3. The molecule has 180 valence electrons. The number of methoxy groups -OCH3 is 1. The van der Waals surface area contributed by atoms with Crippen LogP contribution in [0.2, 0.25) is 0 Å². The lowest BCUT2D eigenvalue weighted by atomic mass is 10.1. The first-order valence-corrected chi connectivity index (χ1v) is 10.2. The van der Waals surface area contributed by atoms with Crippen molar-refractivity contribution >= 4 is 23.4 Å². The summed E-state index contributed by atoms with van der Waals surface area (Å²) >= 11 is 0. The number of hydrogen-bond acceptors (Lipinski definition) is 4. The molecule has 0 fully saturated rings. The Morgan fingerprint density at radius 3 is 2.14 bits per heavy atom. The molecule has 3 aromatic rings. The van der Waals surface area contributed by atoms with Crippen LogP contribution in [0.4, 0.5) is 27.6 Å². The summed E-state index contributed by atoms with van der Waals surface area (Å²) in [7, 11) is 1.43. The lowest BCUT2D eigenvalue weighted by Gasteiger charge is -2.15. The molecule has 0 spiro atoms. The maximum atomic E-state index is 14.3. The van der Waals surface area contributed by atoms with Crippen LogP contribution in [-0.2, 0) is 11.4 Å². The Kier molecular flexibility index (Phi) is 6.54. The average Bonchev–Trinajstić information content (AvgIpc) is 3.14. The summed E-state index contributed by atoms with van der Waals surface area (Å²) in [5.74, 6) is -11.5. The van der Waals surface area contributed by atoms with Crippen molar-refractivity contribution in [2.75, 3.05) is 12.1 Å². The van der Waals surface area contributed by atoms with E-state index in [4.69, 9.17) is 9.47 Å². The van der Waals surface area contributed by atoms with E-state index in [2.05, 4.69) is 5.10 Å². The maximum Gasteiger partial charge on any atom is 0.280 e. The molecule has 0 bridgehead atoms. The molecule has 5 nitrogen and oxygen atoms in total. The van der Waals surface area contributed by atoms with Gasteiger partial charge >= 0.3 is 0 Å². The number of hydrazone groups is 1. The second-order valence-electron chi connectivity index (χ2n) is 7.43. The van der Waals surface area contributed by atoms with Crippen molar-refractivity contribution in [2.45, 2.75) is 13.5 Å². The SMILES string of the molecule is COc1cccc(/C=C2\C(=O)N(c3c(F)c(F)c(F)c(F)c3F)N=C2C)c1OCc1ccccc1. The van der Waals surface area contributed by atoms with Gasteiger partial charge in [-0.05, 0) is 24.6 Å². The fraction of sp³-hybridized carbons (Fsp3) is 0.120. The summed E-state index contributed by atoms with van der Waals surface area (Å²) in [5, 5.41) is 3.90. The first-order valence-electron chi connectivity index (χ1n) is 10.2. The third-order valence-electron chi connectivity index (χ3n) is 5.22. The Morgan fingerprint density at radius 2 is 1.51 bits per heavy atom. The Balaban J connectivity index is 1.73. The molecule has 0 radical (unpaired) electrons. The smallest absolute Gasteiger partial charge is 0.280 e. The summed E-state index contributed by atoms with van der Waals surface area (Å²) in [6, 6.07) is 14.1. The highest BCUT2D eigenvalue weighted by Crippen LogP contribution is 2.37. The zero-order chi connectivity index (χ0) is 25.3.